The van der Waals surface area contributed by atoms with Crippen LogP contribution in [0.5, 0.6) is 17.2 Å². The summed E-state index contributed by atoms with van der Waals surface area (Å²) in [6.45, 7) is -0.0224. The average Bonchev–Trinajstić information content (AvgIpc) is 2.91. The minimum Gasteiger partial charge on any atom is -0.493 e. The number of benzene rings is 2. The zero-order valence-electron chi connectivity index (χ0n) is 14.9. The van der Waals surface area contributed by atoms with E-state index in [-0.39, 0.29) is 23.2 Å². The summed E-state index contributed by atoms with van der Waals surface area (Å²) in [5.74, 6) is -1.00. The molecule has 0 saturated heterocycles. The Kier molecular flexibility index (Phi) is 4.72. The predicted octanol–water partition coefficient (Wildman–Crippen LogP) is 2.21. The van der Waals surface area contributed by atoms with E-state index in [0.29, 0.717) is 22.8 Å². The fraction of sp³-hybridized carbons (Fsp3) is 0.211. The molecule has 1 aliphatic heterocycles. The van der Waals surface area contributed by atoms with Crippen LogP contribution >= 0.6 is 0 Å². The number of hydrogen-bond acceptors (Lipinski definition) is 6. The van der Waals surface area contributed by atoms with E-state index in [1.807, 2.05) is 0 Å². The van der Waals surface area contributed by atoms with Crippen LogP contribution in [0, 0.1) is 0 Å². The van der Waals surface area contributed by atoms with Crippen molar-refractivity contribution in [2.24, 2.45) is 0 Å². The number of nitrogens with zero attached hydrogens (tertiary/aromatic N) is 1. The third-order valence-corrected chi connectivity index (χ3v) is 4.28. The number of rotatable bonds is 6. The van der Waals surface area contributed by atoms with Crippen LogP contribution in [-0.4, -0.2) is 49.1 Å². The maximum absolute atomic E-state index is 12.6. The second kappa shape index (κ2) is 6.99. The van der Waals surface area contributed by atoms with E-state index >= 15 is 0 Å². The number of imide groups is 1. The van der Waals surface area contributed by atoms with Crippen LogP contribution in [-0.2, 0) is 6.54 Å². The minimum absolute atomic E-state index is 0.0224. The van der Waals surface area contributed by atoms with Gasteiger partial charge in [0, 0.05) is 0 Å². The smallest absolute Gasteiger partial charge is 0.335 e. The van der Waals surface area contributed by atoms with E-state index in [2.05, 4.69) is 0 Å². The van der Waals surface area contributed by atoms with Crippen molar-refractivity contribution in [1.82, 2.24) is 4.90 Å². The second-order valence-corrected chi connectivity index (χ2v) is 5.80. The molecule has 1 heterocycles. The maximum atomic E-state index is 12.6. The van der Waals surface area contributed by atoms with E-state index in [0.717, 1.165) is 4.90 Å². The van der Waals surface area contributed by atoms with Gasteiger partial charge >= 0.3 is 5.97 Å². The molecule has 1 aliphatic rings. The molecule has 2 amide bonds. The van der Waals surface area contributed by atoms with Crippen LogP contribution in [0.2, 0.25) is 0 Å². The first-order valence-corrected chi connectivity index (χ1v) is 7.93. The van der Waals surface area contributed by atoms with E-state index in [4.69, 9.17) is 19.3 Å². The van der Waals surface area contributed by atoms with Crippen molar-refractivity contribution in [1.29, 1.82) is 0 Å². The lowest BCUT2D eigenvalue weighted by atomic mass is 10.1. The zero-order chi connectivity index (χ0) is 19.7. The molecule has 0 unspecified atom stereocenters. The van der Waals surface area contributed by atoms with Gasteiger partial charge in [0.05, 0.1) is 44.6 Å². The van der Waals surface area contributed by atoms with Crippen molar-refractivity contribution < 1.29 is 33.7 Å². The number of ether oxygens (including phenoxy) is 3. The maximum Gasteiger partial charge on any atom is 0.335 e. The number of carboxylic acids is 1. The molecule has 2 aromatic carbocycles. The van der Waals surface area contributed by atoms with Crippen molar-refractivity contribution in [3.05, 3.63) is 52.6 Å². The van der Waals surface area contributed by atoms with Crippen LogP contribution in [0.25, 0.3) is 0 Å². The first kappa shape index (κ1) is 18.2. The molecule has 0 spiro atoms. The molecule has 0 atom stereocenters. The molecule has 8 heteroatoms. The first-order chi connectivity index (χ1) is 12.9. The van der Waals surface area contributed by atoms with Crippen molar-refractivity contribution in [2.75, 3.05) is 21.3 Å². The first-order valence-electron chi connectivity index (χ1n) is 7.93. The number of amides is 2. The molecule has 8 nitrogen and oxygen atoms in total. The van der Waals surface area contributed by atoms with Crippen LogP contribution in [0.4, 0.5) is 0 Å². The summed E-state index contributed by atoms with van der Waals surface area (Å²) in [6, 6.07) is 7.16. The van der Waals surface area contributed by atoms with Gasteiger partial charge in [-0.3, -0.25) is 14.5 Å². The predicted molar refractivity (Wildman–Crippen MR) is 93.7 cm³/mol. The summed E-state index contributed by atoms with van der Waals surface area (Å²) in [5.41, 5.74) is 0.798. The molecule has 0 saturated carbocycles. The third kappa shape index (κ3) is 3.05. The molecule has 140 valence electrons. The number of carbonyl (C=O) groups is 3. The largest absolute Gasteiger partial charge is 0.493 e. The van der Waals surface area contributed by atoms with Crippen LogP contribution in [0.3, 0.4) is 0 Å². The van der Waals surface area contributed by atoms with Gasteiger partial charge < -0.3 is 19.3 Å². The van der Waals surface area contributed by atoms with E-state index < -0.39 is 17.8 Å². The van der Waals surface area contributed by atoms with Gasteiger partial charge in [-0.15, -0.1) is 0 Å². The molecular weight excluding hydrogens is 354 g/mol. The average molecular weight is 371 g/mol. The lowest BCUT2D eigenvalue weighted by molar-refractivity contribution is 0.0640. The number of aromatic carboxylic acids is 1. The van der Waals surface area contributed by atoms with Crippen molar-refractivity contribution in [2.45, 2.75) is 6.54 Å². The number of carboxylic acid groups (broad SMARTS) is 1. The standard InChI is InChI=1S/C19H17NO7/c1-25-14-6-10(7-15(26-2)16(14)27-3)9-20-17(21)12-5-4-11(19(23)24)8-13(12)18(20)22/h4-8H,9H2,1-3H3,(H,23,24). The minimum atomic E-state index is -1.17. The Hall–Kier alpha value is -3.55. The molecule has 0 fully saturated rings. The second-order valence-electron chi connectivity index (χ2n) is 5.80. The van der Waals surface area contributed by atoms with Crippen LogP contribution in [0.15, 0.2) is 30.3 Å². The van der Waals surface area contributed by atoms with Gasteiger partial charge in [-0.1, -0.05) is 0 Å². The summed E-state index contributed by atoms with van der Waals surface area (Å²) in [5, 5.41) is 9.08. The fourth-order valence-corrected chi connectivity index (χ4v) is 2.98. The number of fused-ring (bicyclic) bond motifs is 1. The Bertz CT molecular complexity index is 926. The molecular formula is C19H17NO7. The van der Waals surface area contributed by atoms with Crippen molar-refractivity contribution in [3.8, 4) is 17.2 Å². The van der Waals surface area contributed by atoms with Gasteiger partial charge in [0.1, 0.15) is 0 Å². The topological polar surface area (TPSA) is 102 Å². The van der Waals surface area contributed by atoms with Gasteiger partial charge in [0.2, 0.25) is 5.75 Å². The molecule has 3 rings (SSSR count). The Labute approximate surface area is 154 Å². The van der Waals surface area contributed by atoms with Gasteiger partial charge in [-0.25, -0.2) is 4.79 Å². The summed E-state index contributed by atoms with van der Waals surface area (Å²) < 4.78 is 15.8. The molecule has 2 aromatic rings. The van der Waals surface area contributed by atoms with E-state index in [9.17, 15) is 14.4 Å². The summed E-state index contributed by atoms with van der Waals surface area (Å²) in [6.07, 6.45) is 0. The lowest BCUT2D eigenvalue weighted by Gasteiger charge is -2.17. The molecule has 1 N–H and O–H groups in total. The van der Waals surface area contributed by atoms with Gasteiger partial charge in [0.25, 0.3) is 11.8 Å². The summed E-state index contributed by atoms with van der Waals surface area (Å²) >= 11 is 0. The highest BCUT2D eigenvalue weighted by Crippen LogP contribution is 2.39. The number of carbonyl (C=O) groups excluding carboxylic acids is 2. The van der Waals surface area contributed by atoms with Crippen LogP contribution in [0.1, 0.15) is 36.6 Å². The molecule has 0 radical (unpaired) electrons. The van der Waals surface area contributed by atoms with E-state index in [1.54, 1.807) is 12.1 Å². The Morgan fingerprint density at radius 1 is 0.926 bits per heavy atom. The highest BCUT2D eigenvalue weighted by Gasteiger charge is 2.36. The lowest BCUT2D eigenvalue weighted by Crippen LogP contribution is -2.29. The number of methoxy groups -OCH3 is 3. The number of hydrogen-bond donors (Lipinski definition) is 1. The van der Waals surface area contributed by atoms with Gasteiger partial charge in [-0.2, -0.15) is 0 Å². The van der Waals surface area contributed by atoms with Crippen molar-refractivity contribution >= 4 is 17.8 Å². The highest BCUT2D eigenvalue weighted by atomic mass is 16.5. The molecule has 0 aromatic heterocycles. The molecule has 0 aliphatic carbocycles. The fourth-order valence-electron chi connectivity index (χ4n) is 2.98. The van der Waals surface area contributed by atoms with Crippen molar-refractivity contribution in [3.63, 3.8) is 0 Å². The Morgan fingerprint density at radius 2 is 1.52 bits per heavy atom. The van der Waals surface area contributed by atoms with Gasteiger partial charge in [-0.05, 0) is 35.9 Å². The van der Waals surface area contributed by atoms with Gasteiger partial charge in [0.15, 0.2) is 11.5 Å². The Morgan fingerprint density at radius 3 is 2.04 bits per heavy atom. The third-order valence-electron chi connectivity index (χ3n) is 4.28. The quantitative estimate of drug-likeness (QED) is 0.777. The summed E-state index contributed by atoms with van der Waals surface area (Å²) in [7, 11) is 4.41. The normalized spacial score (nSPS) is 12.8. The monoisotopic (exact) mass is 371 g/mol. The highest BCUT2D eigenvalue weighted by molar-refractivity contribution is 6.21. The zero-order valence-corrected chi connectivity index (χ0v) is 14.9. The van der Waals surface area contributed by atoms with Crippen LogP contribution < -0.4 is 14.2 Å². The van der Waals surface area contributed by atoms with E-state index in [1.165, 1.54) is 39.5 Å². The molecule has 27 heavy (non-hydrogen) atoms. The Balaban J connectivity index is 1.96. The SMILES string of the molecule is COc1cc(CN2C(=O)c3ccc(C(=O)O)cc3C2=O)cc(OC)c1OC. The summed E-state index contributed by atoms with van der Waals surface area (Å²) in [4.78, 5) is 37.4. The molecule has 0 bridgehead atoms.